The summed E-state index contributed by atoms with van der Waals surface area (Å²) >= 11 is 0. The van der Waals surface area contributed by atoms with Gasteiger partial charge in [0.05, 0.1) is 26.1 Å². The SMILES string of the molecule is COc1ccc(NC(=O)c2ccc(NCc3ccccc3F)cn2)cc1OC. The average molecular weight is 381 g/mol. The van der Waals surface area contributed by atoms with Gasteiger partial charge >= 0.3 is 0 Å². The number of amides is 1. The van der Waals surface area contributed by atoms with Crippen LogP contribution in [0.5, 0.6) is 11.5 Å². The molecule has 0 aliphatic rings. The smallest absolute Gasteiger partial charge is 0.274 e. The van der Waals surface area contributed by atoms with Gasteiger partial charge in [-0.15, -0.1) is 0 Å². The lowest BCUT2D eigenvalue weighted by atomic mass is 10.2. The Bertz CT molecular complexity index is 961. The van der Waals surface area contributed by atoms with Gasteiger partial charge in [0.25, 0.3) is 5.91 Å². The lowest BCUT2D eigenvalue weighted by Gasteiger charge is -2.11. The highest BCUT2D eigenvalue weighted by molar-refractivity contribution is 6.03. The molecular weight excluding hydrogens is 361 g/mol. The van der Waals surface area contributed by atoms with Crippen molar-refractivity contribution in [3.63, 3.8) is 0 Å². The van der Waals surface area contributed by atoms with E-state index in [2.05, 4.69) is 15.6 Å². The molecule has 3 rings (SSSR count). The molecule has 0 aliphatic carbocycles. The summed E-state index contributed by atoms with van der Waals surface area (Å²) in [6.45, 7) is 0.325. The van der Waals surface area contributed by atoms with Gasteiger partial charge in [-0.1, -0.05) is 18.2 Å². The van der Waals surface area contributed by atoms with Crippen molar-refractivity contribution in [1.29, 1.82) is 0 Å². The fourth-order valence-electron chi connectivity index (χ4n) is 2.58. The van der Waals surface area contributed by atoms with E-state index >= 15 is 0 Å². The number of rotatable bonds is 7. The van der Waals surface area contributed by atoms with Crippen LogP contribution >= 0.6 is 0 Å². The second kappa shape index (κ2) is 8.85. The number of methoxy groups -OCH3 is 2. The molecular formula is C21H20FN3O3. The Morgan fingerprint density at radius 1 is 1.00 bits per heavy atom. The maximum atomic E-state index is 13.6. The van der Waals surface area contributed by atoms with Gasteiger partial charge in [0.15, 0.2) is 11.5 Å². The maximum absolute atomic E-state index is 13.6. The summed E-state index contributed by atoms with van der Waals surface area (Å²) in [5.41, 5.74) is 2.06. The molecule has 1 amide bonds. The van der Waals surface area contributed by atoms with Crippen LogP contribution in [0, 0.1) is 5.82 Å². The minimum atomic E-state index is -0.354. The lowest BCUT2D eigenvalue weighted by Crippen LogP contribution is -2.14. The number of anilines is 2. The second-order valence-corrected chi connectivity index (χ2v) is 5.90. The van der Waals surface area contributed by atoms with Crippen LogP contribution in [0.1, 0.15) is 16.1 Å². The number of hydrogen-bond donors (Lipinski definition) is 2. The monoisotopic (exact) mass is 381 g/mol. The van der Waals surface area contributed by atoms with Crippen LogP contribution < -0.4 is 20.1 Å². The van der Waals surface area contributed by atoms with Crippen LogP contribution in [0.2, 0.25) is 0 Å². The van der Waals surface area contributed by atoms with Crippen LogP contribution in [0.25, 0.3) is 0 Å². The Morgan fingerprint density at radius 3 is 2.43 bits per heavy atom. The van der Waals surface area contributed by atoms with Gasteiger partial charge in [0.2, 0.25) is 0 Å². The molecule has 0 fully saturated rings. The minimum absolute atomic E-state index is 0.256. The number of carbonyl (C=O) groups is 1. The normalized spacial score (nSPS) is 10.2. The molecule has 0 aliphatic heterocycles. The average Bonchev–Trinajstić information content (AvgIpc) is 2.73. The molecule has 0 bridgehead atoms. The first-order valence-corrected chi connectivity index (χ1v) is 8.57. The highest BCUT2D eigenvalue weighted by Gasteiger charge is 2.10. The van der Waals surface area contributed by atoms with Gasteiger partial charge in [0, 0.05) is 23.9 Å². The van der Waals surface area contributed by atoms with Crippen molar-refractivity contribution in [3.8, 4) is 11.5 Å². The third-order valence-electron chi connectivity index (χ3n) is 4.08. The van der Waals surface area contributed by atoms with Crippen LogP contribution in [0.3, 0.4) is 0 Å². The van der Waals surface area contributed by atoms with Crippen molar-refractivity contribution < 1.29 is 18.7 Å². The highest BCUT2D eigenvalue weighted by Crippen LogP contribution is 2.29. The zero-order chi connectivity index (χ0) is 19.9. The predicted octanol–water partition coefficient (Wildman–Crippen LogP) is 4.10. The van der Waals surface area contributed by atoms with Gasteiger partial charge in [-0.05, 0) is 30.3 Å². The first kappa shape index (κ1) is 19.2. The molecule has 0 saturated carbocycles. The number of aromatic nitrogens is 1. The van der Waals surface area contributed by atoms with Crippen LogP contribution in [0.4, 0.5) is 15.8 Å². The van der Waals surface area contributed by atoms with Crippen molar-refractivity contribution in [2.45, 2.75) is 6.54 Å². The lowest BCUT2D eigenvalue weighted by molar-refractivity contribution is 0.102. The van der Waals surface area contributed by atoms with Crippen LogP contribution in [0.15, 0.2) is 60.8 Å². The van der Waals surface area contributed by atoms with E-state index in [0.29, 0.717) is 35.0 Å². The molecule has 0 saturated heterocycles. The molecule has 7 heteroatoms. The van der Waals surface area contributed by atoms with Crippen molar-refractivity contribution in [2.24, 2.45) is 0 Å². The summed E-state index contributed by atoms with van der Waals surface area (Å²) in [6, 6.07) is 14.9. The van der Waals surface area contributed by atoms with E-state index in [-0.39, 0.29) is 17.4 Å². The first-order valence-electron chi connectivity index (χ1n) is 8.57. The summed E-state index contributed by atoms with van der Waals surface area (Å²) in [6.07, 6.45) is 1.53. The van der Waals surface area contributed by atoms with Crippen molar-refractivity contribution >= 4 is 17.3 Å². The van der Waals surface area contributed by atoms with Gasteiger partial charge in [-0.2, -0.15) is 0 Å². The van der Waals surface area contributed by atoms with E-state index in [4.69, 9.17) is 9.47 Å². The summed E-state index contributed by atoms with van der Waals surface area (Å²) < 4.78 is 24.0. The van der Waals surface area contributed by atoms with E-state index in [1.165, 1.54) is 19.4 Å². The summed E-state index contributed by atoms with van der Waals surface area (Å²) in [4.78, 5) is 16.5. The standard InChI is InChI=1S/C21H20FN3O3/c1-27-19-10-8-15(11-20(19)28-2)25-21(26)18-9-7-16(13-24-18)23-12-14-5-3-4-6-17(14)22/h3-11,13,23H,12H2,1-2H3,(H,25,26). The number of ether oxygens (including phenoxy) is 2. The molecule has 2 N–H and O–H groups in total. The molecule has 2 aromatic carbocycles. The molecule has 0 atom stereocenters. The van der Waals surface area contributed by atoms with Gasteiger partial charge < -0.3 is 20.1 Å². The Hall–Kier alpha value is -3.61. The van der Waals surface area contributed by atoms with E-state index in [1.54, 1.807) is 55.6 Å². The number of nitrogens with zero attached hydrogens (tertiary/aromatic N) is 1. The van der Waals surface area contributed by atoms with Crippen molar-refractivity contribution in [2.75, 3.05) is 24.9 Å². The molecule has 1 heterocycles. The molecule has 3 aromatic rings. The van der Waals surface area contributed by atoms with Crippen molar-refractivity contribution in [3.05, 3.63) is 77.9 Å². The fraction of sp³-hybridized carbons (Fsp3) is 0.143. The molecule has 144 valence electrons. The third kappa shape index (κ3) is 4.56. The molecule has 0 radical (unpaired) electrons. The maximum Gasteiger partial charge on any atom is 0.274 e. The zero-order valence-corrected chi connectivity index (χ0v) is 15.5. The minimum Gasteiger partial charge on any atom is -0.493 e. The highest BCUT2D eigenvalue weighted by atomic mass is 19.1. The third-order valence-corrected chi connectivity index (χ3v) is 4.08. The van der Waals surface area contributed by atoms with Gasteiger partial charge in [-0.3, -0.25) is 4.79 Å². The summed E-state index contributed by atoms with van der Waals surface area (Å²) in [5, 5.41) is 5.84. The molecule has 0 unspecified atom stereocenters. The number of halogens is 1. The quantitative estimate of drug-likeness (QED) is 0.645. The number of carbonyl (C=O) groups excluding carboxylic acids is 1. The first-order chi connectivity index (χ1) is 13.6. The van der Waals surface area contributed by atoms with Crippen LogP contribution in [-0.2, 0) is 6.54 Å². The Labute approximate surface area is 162 Å². The van der Waals surface area contributed by atoms with Gasteiger partial charge in [0.1, 0.15) is 11.5 Å². The molecule has 6 nitrogen and oxygen atoms in total. The number of pyridine rings is 1. The number of nitrogens with one attached hydrogen (secondary N) is 2. The fourth-order valence-corrected chi connectivity index (χ4v) is 2.58. The Morgan fingerprint density at radius 2 is 1.75 bits per heavy atom. The largest absolute Gasteiger partial charge is 0.493 e. The number of hydrogen-bond acceptors (Lipinski definition) is 5. The van der Waals surface area contributed by atoms with E-state index < -0.39 is 0 Å². The molecule has 1 aromatic heterocycles. The topological polar surface area (TPSA) is 72.5 Å². The van der Waals surface area contributed by atoms with E-state index in [1.807, 2.05) is 0 Å². The molecule has 28 heavy (non-hydrogen) atoms. The molecule has 0 spiro atoms. The van der Waals surface area contributed by atoms with Gasteiger partial charge in [-0.25, -0.2) is 9.37 Å². The van der Waals surface area contributed by atoms with Crippen LogP contribution in [-0.4, -0.2) is 25.1 Å². The Kier molecular flexibility index (Phi) is 6.06. The second-order valence-electron chi connectivity index (χ2n) is 5.90. The zero-order valence-electron chi connectivity index (χ0n) is 15.5. The van der Waals surface area contributed by atoms with Crippen molar-refractivity contribution in [1.82, 2.24) is 4.98 Å². The number of benzene rings is 2. The summed E-state index contributed by atoms with van der Waals surface area (Å²) in [7, 11) is 3.07. The van der Waals surface area contributed by atoms with E-state index in [0.717, 1.165) is 0 Å². The Balaban J connectivity index is 1.63. The van der Waals surface area contributed by atoms with E-state index in [9.17, 15) is 9.18 Å². The predicted molar refractivity (Wildman–Crippen MR) is 105 cm³/mol. The summed E-state index contributed by atoms with van der Waals surface area (Å²) in [5.74, 6) is 0.464.